The van der Waals surface area contributed by atoms with E-state index < -0.39 is 8.72 Å². The number of hydrogen-bond donors (Lipinski definition) is 2. The lowest BCUT2D eigenvalue weighted by molar-refractivity contribution is 0.135. The standard InChI is InChI=1S/C6H14.C5H16N2O2Si/c1-3-5-6-4-2;1-4-8-10(3,7)9-5(2)6/h3-6H2,1-2H3;5H,4,6-7H2,1-3H3. The molecule has 4 N–H and O–H groups in total. The van der Waals surface area contributed by atoms with Gasteiger partial charge in [-0.25, -0.2) is 0 Å². The molecule has 100 valence electrons. The summed E-state index contributed by atoms with van der Waals surface area (Å²) in [6, 6.07) is 0. The molecule has 0 aromatic heterocycles. The van der Waals surface area contributed by atoms with Crippen LogP contribution in [-0.4, -0.2) is 21.6 Å². The highest BCUT2D eigenvalue weighted by Crippen LogP contribution is 1.99. The Morgan fingerprint density at radius 2 is 1.56 bits per heavy atom. The Morgan fingerprint density at radius 1 is 1.12 bits per heavy atom. The van der Waals surface area contributed by atoms with E-state index in [2.05, 4.69) is 13.8 Å². The fourth-order valence-corrected chi connectivity index (χ4v) is 2.57. The maximum absolute atomic E-state index is 5.64. The van der Waals surface area contributed by atoms with Crippen LogP contribution in [0.15, 0.2) is 0 Å². The molecule has 0 rings (SSSR count). The van der Waals surface area contributed by atoms with E-state index in [1.165, 1.54) is 25.7 Å². The first-order valence-corrected chi connectivity index (χ1v) is 8.65. The monoisotopic (exact) mass is 250 g/mol. The zero-order valence-electron chi connectivity index (χ0n) is 11.6. The molecule has 0 amide bonds. The number of unbranched alkanes of at least 4 members (excludes halogenated alkanes) is 3. The second-order valence-electron chi connectivity index (χ2n) is 3.98. The fourth-order valence-electron chi connectivity index (χ4n) is 1.19. The molecular formula is C11H30N2O2Si. The van der Waals surface area contributed by atoms with Gasteiger partial charge in [0.25, 0.3) is 0 Å². The summed E-state index contributed by atoms with van der Waals surface area (Å²) < 4.78 is 10.3. The van der Waals surface area contributed by atoms with E-state index in [9.17, 15) is 0 Å². The van der Waals surface area contributed by atoms with Gasteiger partial charge in [0.05, 0.1) is 6.23 Å². The van der Waals surface area contributed by atoms with E-state index in [0.717, 1.165) is 0 Å². The molecule has 0 aromatic rings. The van der Waals surface area contributed by atoms with Crippen LogP contribution < -0.4 is 11.1 Å². The first-order chi connectivity index (χ1) is 7.39. The zero-order chi connectivity index (χ0) is 13.0. The van der Waals surface area contributed by atoms with Crippen molar-refractivity contribution in [1.29, 1.82) is 0 Å². The van der Waals surface area contributed by atoms with E-state index >= 15 is 0 Å². The minimum atomic E-state index is -2.39. The first-order valence-electron chi connectivity index (χ1n) is 6.25. The van der Waals surface area contributed by atoms with Gasteiger partial charge in [-0.2, -0.15) is 0 Å². The molecule has 2 atom stereocenters. The van der Waals surface area contributed by atoms with Gasteiger partial charge in [0, 0.05) is 6.61 Å². The van der Waals surface area contributed by atoms with Gasteiger partial charge in [0.15, 0.2) is 0 Å². The largest absolute Gasteiger partial charge is 0.420 e. The van der Waals surface area contributed by atoms with Crippen molar-refractivity contribution >= 4 is 8.72 Å². The fraction of sp³-hybridized carbons (Fsp3) is 1.00. The molecule has 0 aliphatic rings. The van der Waals surface area contributed by atoms with Crippen LogP contribution in [0.4, 0.5) is 0 Å². The minimum absolute atomic E-state index is 0.340. The van der Waals surface area contributed by atoms with Crippen LogP contribution in [0.1, 0.15) is 53.4 Å². The summed E-state index contributed by atoms with van der Waals surface area (Å²) in [4.78, 5) is 0. The third-order valence-electron chi connectivity index (χ3n) is 1.81. The van der Waals surface area contributed by atoms with Crippen molar-refractivity contribution in [3.05, 3.63) is 0 Å². The second-order valence-corrected chi connectivity index (χ2v) is 6.54. The van der Waals surface area contributed by atoms with Crippen LogP contribution in [0.3, 0.4) is 0 Å². The average Bonchev–Trinajstić information content (AvgIpc) is 2.13. The van der Waals surface area contributed by atoms with Crippen LogP contribution >= 0.6 is 0 Å². The van der Waals surface area contributed by atoms with Crippen molar-refractivity contribution in [3.8, 4) is 0 Å². The van der Waals surface area contributed by atoms with Crippen molar-refractivity contribution in [2.75, 3.05) is 6.61 Å². The van der Waals surface area contributed by atoms with Crippen LogP contribution in [0.5, 0.6) is 0 Å². The normalized spacial score (nSPS) is 15.9. The first kappa shape index (κ1) is 18.4. The maximum atomic E-state index is 5.64. The summed E-state index contributed by atoms with van der Waals surface area (Å²) in [6.45, 7) is 10.4. The van der Waals surface area contributed by atoms with E-state index in [4.69, 9.17) is 20.0 Å². The van der Waals surface area contributed by atoms with E-state index in [1.807, 2.05) is 6.92 Å². The molecule has 0 aliphatic heterocycles. The van der Waals surface area contributed by atoms with Gasteiger partial charge in [-0.3, -0.25) is 0 Å². The molecule has 5 heteroatoms. The number of nitrogens with two attached hydrogens (primary N) is 2. The molecule has 0 saturated heterocycles. The minimum Gasteiger partial charge on any atom is -0.383 e. The summed E-state index contributed by atoms with van der Waals surface area (Å²) in [7, 11) is -2.39. The van der Waals surface area contributed by atoms with Gasteiger partial charge in [-0.05, 0) is 20.4 Å². The number of hydrogen-bond acceptors (Lipinski definition) is 4. The van der Waals surface area contributed by atoms with Gasteiger partial charge in [0.1, 0.15) is 0 Å². The Hall–Kier alpha value is 0.0569. The van der Waals surface area contributed by atoms with Crippen molar-refractivity contribution in [2.24, 2.45) is 11.1 Å². The third-order valence-corrected chi connectivity index (χ3v) is 3.51. The molecule has 0 fully saturated rings. The average molecular weight is 250 g/mol. The molecule has 0 saturated carbocycles. The summed E-state index contributed by atoms with van der Waals surface area (Å²) in [5.41, 5.74) is 5.36. The lowest BCUT2D eigenvalue weighted by Crippen LogP contribution is -2.52. The van der Waals surface area contributed by atoms with Gasteiger partial charge >= 0.3 is 8.72 Å². The molecule has 0 aliphatic carbocycles. The third kappa shape index (κ3) is 16.5. The van der Waals surface area contributed by atoms with Crippen LogP contribution in [0.2, 0.25) is 6.55 Å². The Morgan fingerprint density at radius 3 is 1.81 bits per heavy atom. The second kappa shape index (κ2) is 11.5. The molecule has 16 heavy (non-hydrogen) atoms. The topological polar surface area (TPSA) is 70.5 Å². The highest BCUT2D eigenvalue weighted by atomic mass is 28.4. The lowest BCUT2D eigenvalue weighted by atomic mass is 10.2. The van der Waals surface area contributed by atoms with Crippen LogP contribution in [-0.2, 0) is 8.85 Å². The smallest absolute Gasteiger partial charge is 0.383 e. The molecule has 0 bridgehead atoms. The van der Waals surface area contributed by atoms with E-state index in [-0.39, 0.29) is 6.23 Å². The summed E-state index contributed by atoms with van der Waals surface area (Å²) in [5, 5.41) is 5.64. The predicted octanol–water partition coefficient (Wildman–Crippen LogP) is 2.46. The van der Waals surface area contributed by atoms with Crippen molar-refractivity contribution in [2.45, 2.75) is 66.2 Å². The molecular weight excluding hydrogens is 220 g/mol. The molecule has 0 aromatic carbocycles. The van der Waals surface area contributed by atoms with Gasteiger partial charge in [0.2, 0.25) is 0 Å². The summed E-state index contributed by atoms with van der Waals surface area (Å²) in [5.74, 6) is 0. The molecule has 4 nitrogen and oxygen atoms in total. The Bertz CT molecular complexity index is 140. The van der Waals surface area contributed by atoms with Crippen LogP contribution in [0.25, 0.3) is 0 Å². The Kier molecular flexibility index (Phi) is 13.3. The lowest BCUT2D eigenvalue weighted by Gasteiger charge is -2.22. The van der Waals surface area contributed by atoms with Gasteiger partial charge in [-0.1, -0.05) is 39.5 Å². The van der Waals surface area contributed by atoms with Crippen molar-refractivity contribution in [1.82, 2.24) is 0 Å². The summed E-state index contributed by atoms with van der Waals surface area (Å²) in [6.07, 6.45) is 5.20. The molecule has 0 spiro atoms. The Labute approximate surface area is 102 Å². The zero-order valence-corrected chi connectivity index (χ0v) is 12.6. The van der Waals surface area contributed by atoms with E-state index in [0.29, 0.717) is 6.61 Å². The van der Waals surface area contributed by atoms with E-state index in [1.54, 1.807) is 13.5 Å². The predicted molar refractivity (Wildman–Crippen MR) is 72.0 cm³/mol. The summed E-state index contributed by atoms with van der Waals surface area (Å²) >= 11 is 0. The van der Waals surface area contributed by atoms with Crippen LogP contribution in [0, 0.1) is 0 Å². The molecule has 2 unspecified atom stereocenters. The molecule has 0 heterocycles. The highest BCUT2D eigenvalue weighted by molar-refractivity contribution is 6.62. The Balaban J connectivity index is 0. The highest BCUT2D eigenvalue weighted by Gasteiger charge is 2.27. The quantitative estimate of drug-likeness (QED) is 0.414. The molecule has 0 radical (unpaired) electrons. The van der Waals surface area contributed by atoms with Gasteiger partial charge in [-0.15, -0.1) is 0 Å². The SMILES string of the molecule is CCCCCC.CCO[Si](C)(N)OC(C)N. The maximum Gasteiger partial charge on any atom is 0.420 e. The van der Waals surface area contributed by atoms with Crippen molar-refractivity contribution < 1.29 is 8.85 Å². The van der Waals surface area contributed by atoms with Crippen molar-refractivity contribution in [3.63, 3.8) is 0 Å². The number of rotatable bonds is 7. The van der Waals surface area contributed by atoms with Gasteiger partial charge < -0.3 is 20.0 Å².